The van der Waals surface area contributed by atoms with Gasteiger partial charge in [0.2, 0.25) is 0 Å². The molecule has 0 aliphatic carbocycles. The van der Waals surface area contributed by atoms with Crippen molar-refractivity contribution in [2.24, 2.45) is 5.73 Å². The van der Waals surface area contributed by atoms with Crippen molar-refractivity contribution in [2.75, 3.05) is 5.75 Å². The van der Waals surface area contributed by atoms with Gasteiger partial charge in [-0.15, -0.1) is 0 Å². The van der Waals surface area contributed by atoms with Gasteiger partial charge in [-0.25, -0.2) is 0 Å². The molecule has 1 aliphatic heterocycles. The Kier molecular flexibility index (Phi) is 4.30. The van der Waals surface area contributed by atoms with E-state index in [4.69, 9.17) is 5.73 Å². The molecule has 2 N–H and O–H groups in total. The Morgan fingerprint density at radius 1 is 1.31 bits per heavy atom. The quantitative estimate of drug-likeness (QED) is 0.867. The summed E-state index contributed by atoms with van der Waals surface area (Å²) >= 11 is 2.05. The van der Waals surface area contributed by atoms with Gasteiger partial charge in [-0.05, 0) is 36.1 Å². The zero-order valence-electron chi connectivity index (χ0n) is 9.99. The Hall–Kier alpha value is -0.470. The molecule has 2 atom stereocenters. The third-order valence-electron chi connectivity index (χ3n) is 3.39. The van der Waals surface area contributed by atoms with Crippen LogP contribution >= 0.6 is 11.8 Å². The number of benzene rings is 1. The summed E-state index contributed by atoms with van der Waals surface area (Å²) in [4.78, 5) is 0. The molecule has 0 aromatic heterocycles. The maximum atomic E-state index is 6.34. The molecule has 88 valence electrons. The molecule has 1 aromatic rings. The highest BCUT2D eigenvalue weighted by atomic mass is 32.2. The Balaban J connectivity index is 2.04. The third kappa shape index (κ3) is 2.80. The minimum atomic E-state index is 0.219. The molecule has 1 heterocycles. The molecular weight excluding hydrogens is 214 g/mol. The summed E-state index contributed by atoms with van der Waals surface area (Å²) in [5, 5.41) is 0.626. The number of hydrogen-bond donors (Lipinski definition) is 1. The lowest BCUT2D eigenvalue weighted by Gasteiger charge is -2.27. The minimum absolute atomic E-state index is 0.219. The van der Waals surface area contributed by atoms with Gasteiger partial charge in [0, 0.05) is 11.3 Å². The van der Waals surface area contributed by atoms with Crippen LogP contribution in [0.1, 0.15) is 43.4 Å². The Bertz CT molecular complexity index is 314. The Morgan fingerprint density at radius 3 is 2.62 bits per heavy atom. The van der Waals surface area contributed by atoms with Crippen LogP contribution in [0.5, 0.6) is 0 Å². The van der Waals surface area contributed by atoms with Crippen molar-refractivity contribution in [3.8, 4) is 0 Å². The molecule has 2 heteroatoms. The zero-order valence-corrected chi connectivity index (χ0v) is 10.8. The molecule has 0 radical (unpaired) electrons. The number of thioether (sulfide) groups is 1. The molecule has 1 saturated heterocycles. The standard InChI is InChI=1S/C14H21NS/c1-2-11-6-8-12(9-7-11)14(15)13-5-3-4-10-16-13/h6-9,13-14H,2-5,10,15H2,1H3. The summed E-state index contributed by atoms with van der Waals surface area (Å²) in [5.74, 6) is 1.28. The van der Waals surface area contributed by atoms with Crippen LogP contribution in [-0.2, 0) is 6.42 Å². The Morgan fingerprint density at radius 2 is 2.06 bits per heavy atom. The van der Waals surface area contributed by atoms with E-state index in [-0.39, 0.29) is 6.04 Å². The summed E-state index contributed by atoms with van der Waals surface area (Å²) < 4.78 is 0. The predicted molar refractivity (Wildman–Crippen MR) is 72.8 cm³/mol. The van der Waals surface area contributed by atoms with E-state index in [1.807, 2.05) is 0 Å². The fraction of sp³-hybridized carbons (Fsp3) is 0.571. The monoisotopic (exact) mass is 235 g/mol. The second-order valence-corrected chi connectivity index (χ2v) is 5.87. The average Bonchev–Trinajstić information content (AvgIpc) is 2.39. The highest BCUT2D eigenvalue weighted by molar-refractivity contribution is 8.00. The van der Waals surface area contributed by atoms with E-state index < -0.39 is 0 Å². The SMILES string of the molecule is CCc1ccc(C(N)C2CCCCS2)cc1. The van der Waals surface area contributed by atoms with Crippen molar-refractivity contribution in [1.82, 2.24) is 0 Å². The van der Waals surface area contributed by atoms with E-state index in [9.17, 15) is 0 Å². The molecule has 0 spiro atoms. The molecule has 2 rings (SSSR count). The van der Waals surface area contributed by atoms with Crippen LogP contribution in [0.2, 0.25) is 0 Å². The van der Waals surface area contributed by atoms with Gasteiger partial charge in [0.05, 0.1) is 0 Å². The van der Waals surface area contributed by atoms with E-state index in [1.54, 1.807) is 0 Å². The topological polar surface area (TPSA) is 26.0 Å². The second-order valence-electron chi connectivity index (χ2n) is 4.53. The minimum Gasteiger partial charge on any atom is -0.323 e. The first kappa shape index (κ1) is 12.0. The molecule has 1 aromatic carbocycles. The summed E-state index contributed by atoms with van der Waals surface area (Å²) in [5.41, 5.74) is 9.04. The molecule has 1 aliphatic rings. The summed E-state index contributed by atoms with van der Waals surface area (Å²) in [7, 11) is 0. The van der Waals surface area contributed by atoms with Crippen LogP contribution in [0, 0.1) is 0 Å². The summed E-state index contributed by atoms with van der Waals surface area (Å²) in [6, 6.07) is 9.05. The molecule has 16 heavy (non-hydrogen) atoms. The van der Waals surface area contributed by atoms with Gasteiger partial charge in [-0.1, -0.05) is 37.6 Å². The van der Waals surface area contributed by atoms with E-state index in [2.05, 4.69) is 43.0 Å². The maximum Gasteiger partial charge on any atom is 0.0415 e. The lowest BCUT2D eigenvalue weighted by atomic mass is 9.99. The van der Waals surface area contributed by atoms with Crippen molar-refractivity contribution in [2.45, 2.75) is 43.9 Å². The van der Waals surface area contributed by atoms with Gasteiger partial charge in [-0.2, -0.15) is 11.8 Å². The first-order valence-electron chi connectivity index (χ1n) is 6.27. The van der Waals surface area contributed by atoms with Crippen molar-refractivity contribution in [3.05, 3.63) is 35.4 Å². The molecular formula is C14H21NS. The highest BCUT2D eigenvalue weighted by Gasteiger charge is 2.22. The number of aryl methyl sites for hydroxylation is 1. The van der Waals surface area contributed by atoms with Crippen LogP contribution in [-0.4, -0.2) is 11.0 Å². The highest BCUT2D eigenvalue weighted by Crippen LogP contribution is 2.33. The van der Waals surface area contributed by atoms with Crippen molar-refractivity contribution >= 4 is 11.8 Å². The largest absolute Gasteiger partial charge is 0.323 e. The molecule has 1 nitrogen and oxygen atoms in total. The van der Waals surface area contributed by atoms with E-state index in [1.165, 1.54) is 36.1 Å². The van der Waals surface area contributed by atoms with Crippen molar-refractivity contribution < 1.29 is 0 Å². The first-order chi connectivity index (χ1) is 7.81. The van der Waals surface area contributed by atoms with Gasteiger partial charge in [0.1, 0.15) is 0 Å². The maximum absolute atomic E-state index is 6.34. The molecule has 0 bridgehead atoms. The lowest BCUT2D eigenvalue weighted by molar-refractivity contribution is 0.582. The molecule has 1 fully saturated rings. The van der Waals surface area contributed by atoms with E-state index in [0.717, 1.165) is 6.42 Å². The zero-order chi connectivity index (χ0) is 11.4. The second kappa shape index (κ2) is 5.74. The first-order valence-corrected chi connectivity index (χ1v) is 7.32. The van der Waals surface area contributed by atoms with Crippen LogP contribution in [0.3, 0.4) is 0 Å². The average molecular weight is 235 g/mol. The van der Waals surface area contributed by atoms with Gasteiger partial charge >= 0.3 is 0 Å². The van der Waals surface area contributed by atoms with Crippen LogP contribution in [0.25, 0.3) is 0 Å². The number of rotatable bonds is 3. The fourth-order valence-electron chi connectivity index (χ4n) is 2.24. The van der Waals surface area contributed by atoms with Gasteiger partial charge in [-0.3, -0.25) is 0 Å². The van der Waals surface area contributed by atoms with Crippen molar-refractivity contribution in [1.29, 1.82) is 0 Å². The smallest absolute Gasteiger partial charge is 0.0415 e. The Labute approximate surface area is 103 Å². The van der Waals surface area contributed by atoms with Crippen LogP contribution in [0.15, 0.2) is 24.3 Å². The molecule has 0 saturated carbocycles. The summed E-state index contributed by atoms with van der Waals surface area (Å²) in [6.07, 6.45) is 5.09. The summed E-state index contributed by atoms with van der Waals surface area (Å²) in [6.45, 7) is 2.19. The number of nitrogens with two attached hydrogens (primary N) is 1. The van der Waals surface area contributed by atoms with Gasteiger partial charge in [0.25, 0.3) is 0 Å². The van der Waals surface area contributed by atoms with E-state index >= 15 is 0 Å². The third-order valence-corrected chi connectivity index (χ3v) is 4.87. The van der Waals surface area contributed by atoms with Gasteiger partial charge < -0.3 is 5.73 Å². The fourth-order valence-corrected chi connectivity index (χ4v) is 3.61. The van der Waals surface area contributed by atoms with Crippen LogP contribution in [0.4, 0.5) is 0 Å². The van der Waals surface area contributed by atoms with Gasteiger partial charge in [0.15, 0.2) is 0 Å². The van der Waals surface area contributed by atoms with E-state index in [0.29, 0.717) is 5.25 Å². The van der Waals surface area contributed by atoms with Crippen molar-refractivity contribution in [3.63, 3.8) is 0 Å². The van der Waals surface area contributed by atoms with Crippen LogP contribution < -0.4 is 5.73 Å². The number of hydrogen-bond acceptors (Lipinski definition) is 2. The lowest BCUT2D eigenvalue weighted by Crippen LogP contribution is -2.26. The molecule has 0 amide bonds. The predicted octanol–water partition coefficient (Wildman–Crippen LogP) is 3.53. The molecule has 2 unspecified atom stereocenters. The normalized spacial score (nSPS) is 23.0.